The van der Waals surface area contributed by atoms with Crippen molar-refractivity contribution >= 4 is 8.80 Å². The Morgan fingerprint density at radius 2 is 1.67 bits per heavy atom. The highest BCUT2D eigenvalue weighted by Crippen LogP contribution is 2.18. The summed E-state index contributed by atoms with van der Waals surface area (Å²) in [7, 11) is -2.45. The summed E-state index contributed by atoms with van der Waals surface area (Å²) in [6.07, 6.45) is 6.88. The van der Waals surface area contributed by atoms with Gasteiger partial charge in [-0.3, -0.25) is 4.98 Å². The average Bonchev–Trinajstić information content (AvgIpc) is 2.83. The van der Waals surface area contributed by atoms with Crippen LogP contribution in [0.4, 0.5) is 0 Å². The zero-order valence-corrected chi connectivity index (χ0v) is 12.6. The van der Waals surface area contributed by atoms with Crippen molar-refractivity contribution in [1.82, 2.24) is 4.98 Å². The third kappa shape index (κ3) is 4.89. The normalized spacial score (nSPS) is 11.9. The lowest BCUT2D eigenvalue weighted by molar-refractivity contribution is -0.695. The summed E-state index contributed by atoms with van der Waals surface area (Å²) in [6.45, 7) is 8.84. The molecule has 0 atom stereocenters. The largest absolute Gasteiger partial charge is 0.501 e. The first kappa shape index (κ1) is 15.4. The highest BCUT2D eigenvalue weighted by molar-refractivity contribution is 6.60. The van der Waals surface area contributed by atoms with Gasteiger partial charge in [-0.15, -0.1) is 0 Å². The summed E-state index contributed by atoms with van der Waals surface area (Å²) >= 11 is 0. The predicted molar refractivity (Wildman–Crippen MR) is 71.0 cm³/mol. The number of aromatic amines is 1. The highest BCUT2D eigenvalue weighted by Gasteiger charge is 2.39. The summed E-state index contributed by atoms with van der Waals surface area (Å²) in [5.41, 5.74) is 0. The molecule has 1 rings (SSSR count). The van der Waals surface area contributed by atoms with Gasteiger partial charge < -0.3 is 13.3 Å². The molecule has 0 aliphatic heterocycles. The second-order valence-electron chi connectivity index (χ2n) is 3.93. The molecule has 0 spiro atoms. The summed E-state index contributed by atoms with van der Waals surface area (Å²) in [5, 5.41) is 0. The number of nitrogens with zero attached hydrogens (tertiary/aromatic N) is 1. The molecule has 0 saturated heterocycles. The molecule has 0 aromatic carbocycles. The molecule has 0 saturated carbocycles. The van der Waals surface area contributed by atoms with Crippen LogP contribution in [-0.2, 0) is 19.8 Å². The van der Waals surface area contributed by atoms with E-state index >= 15 is 0 Å². The Morgan fingerprint density at radius 1 is 1.06 bits per heavy atom. The number of aryl methyl sites for hydroxylation is 1. The van der Waals surface area contributed by atoms with Crippen molar-refractivity contribution in [1.29, 1.82) is 0 Å². The summed E-state index contributed by atoms with van der Waals surface area (Å²) < 4.78 is 19.5. The lowest BCUT2D eigenvalue weighted by Gasteiger charge is -2.28. The van der Waals surface area contributed by atoms with Gasteiger partial charge in [0.15, 0.2) is 0 Å². The van der Waals surface area contributed by atoms with Crippen LogP contribution in [0.3, 0.4) is 0 Å². The quantitative estimate of drug-likeness (QED) is 0.522. The van der Waals surface area contributed by atoms with Gasteiger partial charge in [0.1, 0.15) is 12.4 Å². The third-order valence-electron chi connectivity index (χ3n) is 2.59. The van der Waals surface area contributed by atoms with Crippen LogP contribution in [0.25, 0.3) is 0 Å². The van der Waals surface area contributed by atoms with Crippen molar-refractivity contribution in [3.63, 3.8) is 0 Å². The lowest BCUT2D eigenvalue weighted by atomic mass is 10.5. The smallest absolute Gasteiger partial charge is 0.374 e. The number of hydrogen-bond acceptors (Lipinski definition) is 3. The number of hydrogen-bond donors (Lipinski definition) is 1. The molecule has 18 heavy (non-hydrogen) atoms. The molecule has 0 radical (unpaired) electrons. The maximum absolute atomic E-state index is 5.81. The molecule has 1 aromatic rings. The Morgan fingerprint density at radius 3 is 2.11 bits per heavy atom. The van der Waals surface area contributed by atoms with Crippen molar-refractivity contribution in [3.8, 4) is 0 Å². The minimum Gasteiger partial charge on any atom is -0.374 e. The molecule has 1 N–H and O–H groups in total. The Kier molecular flexibility index (Phi) is 7.18. The standard InChI is InChI=1S/C12H24N2O3Si/c1-4-15-18(16-5-2,17-6-3)11-7-9-14-10-8-13-12-14/h8,10,12H,4-7,9,11H2,1-3H3/p+1. The van der Waals surface area contributed by atoms with E-state index in [1.165, 1.54) is 0 Å². The van der Waals surface area contributed by atoms with Crippen molar-refractivity contribution in [2.24, 2.45) is 0 Å². The molecule has 104 valence electrons. The molecule has 0 bridgehead atoms. The van der Waals surface area contributed by atoms with Crippen LogP contribution in [0.15, 0.2) is 18.7 Å². The summed E-state index contributed by atoms with van der Waals surface area (Å²) in [6, 6.07) is 0.862. The van der Waals surface area contributed by atoms with Gasteiger partial charge in [-0.25, -0.2) is 4.57 Å². The van der Waals surface area contributed by atoms with E-state index in [0.29, 0.717) is 19.8 Å². The van der Waals surface area contributed by atoms with Crippen LogP contribution >= 0.6 is 0 Å². The van der Waals surface area contributed by atoms with E-state index in [9.17, 15) is 0 Å². The maximum atomic E-state index is 5.81. The van der Waals surface area contributed by atoms with Gasteiger partial charge in [-0.1, -0.05) is 0 Å². The molecule has 6 heteroatoms. The molecule has 0 fully saturated rings. The van der Waals surface area contributed by atoms with Gasteiger partial charge in [-0.05, 0) is 27.2 Å². The van der Waals surface area contributed by atoms with Gasteiger partial charge in [-0.2, -0.15) is 0 Å². The Labute approximate surface area is 110 Å². The second-order valence-corrected chi connectivity index (χ2v) is 6.67. The van der Waals surface area contributed by atoms with Crippen molar-refractivity contribution in [2.45, 2.75) is 39.8 Å². The first-order valence-corrected chi connectivity index (χ1v) is 8.63. The van der Waals surface area contributed by atoms with E-state index in [1.54, 1.807) is 0 Å². The Bertz CT molecular complexity index is 289. The topological polar surface area (TPSA) is 47.4 Å². The molecule has 0 unspecified atom stereocenters. The van der Waals surface area contributed by atoms with Crippen LogP contribution < -0.4 is 4.57 Å². The predicted octanol–water partition coefficient (Wildman–Crippen LogP) is 1.74. The number of nitrogens with one attached hydrogen (secondary N) is 1. The van der Waals surface area contributed by atoms with E-state index < -0.39 is 8.80 Å². The van der Waals surface area contributed by atoms with Gasteiger partial charge >= 0.3 is 8.80 Å². The molecule has 1 aromatic heterocycles. The SMILES string of the molecule is CCO[Si](CCC[n+]1cc[nH]c1)(OCC)OCC. The minimum absolute atomic E-state index is 0.642. The van der Waals surface area contributed by atoms with Gasteiger partial charge in [0.25, 0.3) is 0 Å². The van der Waals surface area contributed by atoms with Gasteiger partial charge in [0.2, 0.25) is 6.33 Å². The fourth-order valence-electron chi connectivity index (χ4n) is 1.94. The molecule has 0 aliphatic carbocycles. The van der Waals surface area contributed by atoms with Crippen LogP contribution in [0, 0.1) is 0 Å². The van der Waals surface area contributed by atoms with Gasteiger partial charge in [0.05, 0.1) is 6.54 Å². The van der Waals surface area contributed by atoms with E-state index in [2.05, 4.69) is 9.55 Å². The van der Waals surface area contributed by atoms with E-state index in [-0.39, 0.29) is 0 Å². The van der Waals surface area contributed by atoms with Crippen molar-refractivity contribution < 1.29 is 17.8 Å². The first-order chi connectivity index (χ1) is 8.76. The average molecular weight is 273 g/mol. The summed E-state index contributed by atoms with van der Waals surface area (Å²) in [5.74, 6) is 0. The second kappa shape index (κ2) is 8.42. The Balaban J connectivity index is 2.47. The fourth-order valence-corrected chi connectivity index (χ4v) is 4.53. The number of H-pyrrole nitrogens is 1. The first-order valence-electron chi connectivity index (χ1n) is 6.70. The minimum atomic E-state index is -2.45. The molecular weight excluding hydrogens is 248 g/mol. The Hall–Kier alpha value is -0.693. The van der Waals surface area contributed by atoms with E-state index in [4.69, 9.17) is 13.3 Å². The van der Waals surface area contributed by atoms with Crippen LogP contribution in [0.2, 0.25) is 6.04 Å². The fraction of sp³-hybridized carbons (Fsp3) is 0.750. The van der Waals surface area contributed by atoms with Crippen LogP contribution in [0.1, 0.15) is 27.2 Å². The number of imidazole rings is 1. The monoisotopic (exact) mass is 273 g/mol. The van der Waals surface area contributed by atoms with E-state index in [1.807, 2.05) is 39.5 Å². The lowest BCUT2D eigenvalue weighted by Crippen LogP contribution is -2.46. The maximum Gasteiger partial charge on any atom is 0.501 e. The van der Waals surface area contributed by atoms with E-state index in [0.717, 1.165) is 19.0 Å². The molecule has 1 heterocycles. The zero-order chi connectivity index (χ0) is 13.3. The number of aromatic nitrogens is 2. The molecular formula is C12H25N2O3Si+. The van der Waals surface area contributed by atoms with Crippen LogP contribution in [0.5, 0.6) is 0 Å². The van der Waals surface area contributed by atoms with Crippen molar-refractivity contribution in [3.05, 3.63) is 18.7 Å². The third-order valence-corrected chi connectivity index (χ3v) is 5.75. The summed E-state index contributed by atoms with van der Waals surface area (Å²) in [4.78, 5) is 3.03. The van der Waals surface area contributed by atoms with Crippen molar-refractivity contribution in [2.75, 3.05) is 19.8 Å². The highest BCUT2D eigenvalue weighted by atomic mass is 28.4. The molecule has 0 amide bonds. The molecule has 5 nitrogen and oxygen atoms in total. The van der Waals surface area contributed by atoms with Crippen LogP contribution in [-0.4, -0.2) is 33.6 Å². The zero-order valence-electron chi connectivity index (χ0n) is 11.6. The number of rotatable bonds is 10. The molecule has 0 aliphatic rings. The van der Waals surface area contributed by atoms with Gasteiger partial charge in [0, 0.05) is 25.9 Å².